The Morgan fingerprint density at radius 2 is 1.94 bits per heavy atom. The van der Waals surface area contributed by atoms with Crippen LogP contribution in [0.3, 0.4) is 0 Å². The fourth-order valence-electron chi connectivity index (χ4n) is 3.86. The largest absolute Gasteiger partial charge is 0.434 e. The Bertz CT molecular complexity index is 1290. The third-order valence-electron chi connectivity index (χ3n) is 5.41. The number of amides is 1. The number of nitro benzene ring substituents is 1. The SMILES string of the molecule is O=C(Nc1cccc(-c2nc3ncccc3o2)c1)c1ccc(N2CCCC2)c([N+](=O)[O-])c1. The van der Waals surface area contributed by atoms with Crippen molar-refractivity contribution in [3.63, 3.8) is 0 Å². The van der Waals surface area contributed by atoms with Crippen LogP contribution in [0.2, 0.25) is 0 Å². The number of carbonyl (C=O) groups excluding carboxylic acids is 1. The molecule has 1 amide bonds. The zero-order chi connectivity index (χ0) is 22.1. The highest BCUT2D eigenvalue weighted by Gasteiger charge is 2.24. The van der Waals surface area contributed by atoms with Gasteiger partial charge in [-0.1, -0.05) is 6.07 Å². The highest BCUT2D eigenvalue weighted by atomic mass is 16.6. The Kier molecular flexibility index (Phi) is 4.98. The summed E-state index contributed by atoms with van der Waals surface area (Å²) in [5, 5.41) is 14.4. The minimum absolute atomic E-state index is 0.0627. The van der Waals surface area contributed by atoms with Gasteiger partial charge in [0.2, 0.25) is 5.89 Å². The molecule has 2 aromatic carbocycles. The topological polar surface area (TPSA) is 114 Å². The molecule has 3 heterocycles. The number of nitrogens with zero attached hydrogens (tertiary/aromatic N) is 4. The number of benzene rings is 2. The van der Waals surface area contributed by atoms with Crippen molar-refractivity contribution in [3.8, 4) is 11.5 Å². The summed E-state index contributed by atoms with van der Waals surface area (Å²) in [5.74, 6) is -0.0437. The standard InChI is InChI=1S/C23H19N5O4/c29-22(15-8-9-18(19(14-15)28(30)31)27-11-1-2-12-27)25-17-6-3-5-16(13-17)23-26-21-20(32-23)7-4-10-24-21/h3-10,13-14H,1-2,11-12H2,(H,25,29). The van der Waals surface area contributed by atoms with Crippen molar-refractivity contribution in [2.24, 2.45) is 0 Å². The smallest absolute Gasteiger partial charge is 0.293 e. The number of nitro groups is 1. The third-order valence-corrected chi connectivity index (χ3v) is 5.41. The van der Waals surface area contributed by atoms with Gasteiger partial charge in [0.25, 0.3) is 11.6 Å². The number of rotatable bonds is 5. The van der Waals surface area contributed by atoms with Gasteiger partial charge in [-0.15, -0.1) is 0 Å². The molecule has 4 aromatic rings. The maximum atomic E-state index is 12.8. The second-order valence-electron chi connectivity index (χ2n) is 7.53. The average Bonchev–Trinajstić information content (AvgIpc) is 3.49. The van der Waals surface area contributed by atoms with Gasteiger partial charge in [0, 0.05) is 42.2 Å². The first-order valence-electron chi connectivity index (χ1n) is 10.3. The van der Waals surface area contributed by atoms with Crippen molar-refractivity contribution in [3.05, 3.63) is 76.5 Å². The summed E-state index contributed by atoms with van der Waals surface area (Å²) < 4.78 is 5.74. The summed E-state index contributed by atoms with van der Waals surface area (Å²) in [6.45, 7) is 1.56. The molecule has 0 radical (unpaired) electrons. The fourth-order valence-corrected chi connectivity index (χ4v) is 3.86. The van der Waals surface area contributed by atoms with Gasteiger partial charge in [0.15, 0.2) is 11.2 Å². The first kappa shape index (κ1) is 19.7. The molecule has 0 bridgehead atoms. The van der Waals surface area contributed by atoms with E-state index in [1.807, 2.05) is 11.0 Å². The van der Waals surface area contributed by atoms with Crippen LogP contribution >= 0.6 is 0 Å². The molecule has 5 rings (SSSR count). The van der Waals surface area contributed by atoms with Crippen LogP contribution in [0.1, 0.15) is 23.2 Å². The van der Waals surface area contributed by atoms with Crippen molar-refractivity contribution in [2.75, 3.05) is 23.3 Å². The molecule has 9 heteroatoms. The number of oxazole rings is 1. The molecule has 0 unspecified atom stereocenters. The van der Waals surface area contributed by atoms with Gasteiger partial charge < -0.3 is 14.6 Å². The number of hydrogen-bond acceptors (Lipinski definition) is 7. The molecule has 2 aromatic heterocycles. The Morgan fingerprint density at radius 1 is 1.09 bits per heavy atom. The van der Waals surface area contributed by atoms with Gasteiger partial charge in [-0.25, -0.2) is 4.98 Å². The monoisotopic (exact) mass is 429 g/mol. The number of hydrogen-bond donors (Lipinski definition) is 1. The predicted octanol–water partition coefficient (Wildman–Crippen LogP) is 4.65. The summed E-state index contributed by atoms with van der Waals surface area (Å²) in [5.41, 5.74) is 2.98. The van der Waals surface area contributed by atoms with Crippen LogP contribution in [0, 0.1) is 10.1 Å². The lowest BCUT2D eigenvalue weighted by molar-refractivity contribution is -0.384. The molecule has 9 nitrogen and oxygen atoms in total. The molecular weight excluding hydrogens is 410 g/mol. The number of aromatic nitrogens is 2. The van der Waals surface area contributed by atoms with E-state index in [-0.39, 0.29) is 11.3 Å². The molecule has 1 aliphatic heterocycles. The molecule has 32 heavy (non-hydrogen) atoms. The van der Waals surface area contributed by atoms with Crippen molar-refractivity contribution in [2.45, 2.75) is 12.8 Å². The fraction of sp³-hybridized carbons (Fsp3) is 0.174. The maximum Gasteiger partial charge on any atom is 0.293 e. The van der Waals surface area contributed by atoms with E-state index in [2.05, 4.69) is 15.3 Å². The molecule has 1 N–H and O–H groups in total. The molecule has 0 saturated carbocycles. The van der Waals surface area contributed by atoms with E-state index in [0.717, 1.165) is 25.9 Å². The second kappa shape index (κ2) is 8.10. The minimum Gasteiger partial charge on any atom is -0.434 e. The highest BCUT2D eigenvalue weighted by Crippen LogP contribution is 2.32. The lowest BCUT2D eigenvalue weighted by Crippen LogP contribution is -2.19. The average molecular weight is 429 g/mol. The summed E-state index contributed by atoms with van der Waals surface area (Å²) in [6.07, 6.45) is 3.65. The van der Waals surface area contributed by atoms with Crippen molar-refractivity contribution in [1.29, 1.82) is 0 Å². The molecule has 1 aliphatic rings. The van der Waals surface area contributed by atoms with Gasteiger partial charge >= 0.3 is 0 Å². The van der Waals surface area contributed by atoms with E-state index < -0.39 is 10.8 Å². The number of carbonyl (C=O) groups is 1. The van der Waals surface area contributed by atoms with Crippen molar-refractivity contribution < 1.29 is 14.1 Å². The van der Waals surface area contributed by atoms with Gasteiger partial charge in [0.1, 0.15) is 5.69 Å². The van der Waals surface area contributed by atoms with E-state index in [9.17, 15) is 14.9 Å². The molecule has 1 fully saturated rings. The second-order valence-corrected chi connectivity index (χ2v) is 7.53. The normalized spacial score (nSPS) is 13.4. The summed E-state index contributed by atoms with van der Waals surface area (Å²) >= 11 is 0. The Morgan fingerprint density at radius 3 is 2.72 bits per heavy atom. The van der Waals surface area contributed by atoms with Gasteiger partial charge in [-0.2, -0.15) is 4.98 Å². The number of pyridine rings is 1. The Labute approximate surface area is 182 Å². The highest BCUT2D eigenvalue weighted by molar-refractivity contribution is 6.05. The first-order chi connectivity index (χ1) is 15.6. The van der Waals surface area contributed by atoms with E-state index in [1.165, 1.54) is 6.07 Å². The van der Waals surface area contributed by atoms with Crippen LogP contribution in [0.4, 0.5) is 17.1 Å². The molecular formula is C23H19N5O4. The quantitative estimate of drug-likeness (QED) is 0.363. The summed E-state index contributed by atoms with van der Waals surface area (Å²) in [6, 6.07) is 15.2. The van der Waals surface area contributed by atoms with Crippen LogP contribution in [-0.2, 0) is 0 Å². The lowest BCUT2D eigenvalue weighted by atomic mass is 10.1. The number of fused-ring (bicyclic) bond motifs is 1. The summed E-state index contributed by atoms with van der Waals surface area (Å²) in [4.78, 5) is 34.5. The number of nitrogens with one attached hydrogen (secondary N) is 1. The first-order valence-corrected chi connectivity index (χ1v) is 10.3. The van der Waals surface area contributed by atoms with Crippen LogP contribution in [-0.4, -0.2) is 33.9 Å². The Hall–Kier alpha value is -4.27. The number of anilines is 2. The van der Waals surface area contributed by atoms with Crippen LogP contribution in [0.15, 0.2) is 65.2 Å². The lowest BCUT2D eigenvalue weighted by Gasteiger charge is -2.17. The van der Waals surface area contributed by atoms with Crippen LogP contribution in [0.25, 0.3) is 22.7 Å². The molecule has 0 aliphatic carbocycles. The zero-order valence-corrected chi connectivity index (χ0v) is 17.0. The van der Waals surface area contributed by atoms with Crippen LogP contribution in [0.5, 0.6) is 0 Å². The van der Waals surface area contributed by atoms with E-state index in [4.69, 9.17) is 4.42 Å². The maximum absolute atomic E-state index is 12.8. The molecule has 1 saturated heterocycles. The van der Waals surface area contributed by atoms with Crippen LogP contribution < -0.4 is 10.2 Å². The van der Waals surface area contributed by atoms with Gasteiger partial charge in [-0.3, -0.25) is 14.9 Å². The van der Waals surface area contributed by atoms with Gasteiger partial charge in [-0.05, 0) is 55.3 Å². The van der Waals surface area contributed by atoms with E-state index in [1.54, 1.807) is 48.7 Å². The predicted molar refractivity (Wildman–Crippen MR) is 120 cm³/mol. The molecule has 0 spiro atoms. The van der Waals surface area contributed by atoms with E-state index in [0.29, 0.717) is 34.1 Å². The molecule has 0 atom stereocenters. The van der Waals surface area contributed by atoms with Crippen molar-refractivity contribution >= 4 is 34.2 Å². The Balaban J connectivity index is 1.39. The summed E-state index contributed by atoms with van der Waals surface area (Å²) in [7, 11) is 0. The zero-order valence-electron chi connectivity index (χ0n) is 17.0. The van der Waals surface area contributed by atoms with Crippen molar-refractivity contribution in [1.82, 2.24) is 9.97 Å². The third kappa shape index (κ3) is 3.76. The molecule has 160 valence electrons. The minimum atomic E-state index is -0.438. The van der Waals surface area contributed by atoms with Gasteiger partial charge in [0.05, 0.1) is 4.92 Å². The van der Waals surface area contributed by atoms with E-state index >= 15 is 0 Å².